The van der Waals surface area contributed by atoms with Gasteiger partial charge in [-0.15, -0.1) is 0 Å². The van der Waals surface area contributed by atoms with Crippen molar-refractivity contribution < 1.29 is 13.6 Å². The molecule has 2 rings (SSSR count). The molecule has 0 aromatic heterocycles. The Balaban J connectivity index is 1.93. The smallest absolute Gasteiger partial charge is 0.250 e. The standard InChI is InChI=1S/C10H14F2OS/c11-10(12)3-1-2-8(10)4-7-5-14-6-9(7)13/h7-8H,1-6H2. The van der Waals surface area contributed by atoms with Crippen molar-refractivity contribution in [2.24, 2.45) is 11.8 Å². The van der Waals surface area contributed by atoms with E-state index >= 15 is 0 Å². The van der Waals surface area contributed by atoms with Gasteiger partial charge < -0.3 is 0 Å². The number of ketones is 1. The van der Waals surface area contributed by atoms with Crippen LogP contribution in [0.5, 0.6) is 0 Å². The van der Waals surface area contributed by atoms with Crippen molar-refractivity contribution in [3.8, 4) is 0 Å². The molecule has 2 fully saturated rings. The first-order valence-electron chi connectivity index (χ1n) is 5.08. The number of hydrogen-bond donors (Lipinski definition) is 0. The largest absolute Gasteiger partial charge is 0.298 e. The zero-order valence-corrected chi connectivity index (χ0v) is 8.79. The minimum atomic E-state index is -2.51. The van der Waals surface area contributed by atoms with Crippen LogP contribution < -0.4 is 0 Å². The molecule has 0 amide bonds. The predicted octanol–water partition coefficient (Wildman–Crippen LogP) is 2.74. The van der Waals surface area contributed by atoms with Crippen molar-refractivity contribution in [1.29, 1.82) is 0 Å². The van der Waals surface area contributed by atoms with Crippen molar-refractivity contribution >= 4 is 17.5 Å². The van der Waals surface area contributed by atoms with Crippen LogP contribution in [0.15, 0.2) is 0 Å². The monoisotopic (exact) mass is 220 g/mol. The van der Waals surface area contributed by atoms with Gasteiger partial charge in [0, 0.05) is 24.0 Å². The summed E-state index contributed by atoms with van der Waals surface area (Å²) in [5, 5.41) is 0. The van der Waals surface area contributed by atoms with Gasteiger partial charge in [0.15, 0.2) is 0 Å². The number of Topliss-reactive ketones (excluding diaryl/α,β-unsaturated/α-hetero) is 1. The van der Waals surface area contributed by atoms with Gasteiger partial charge in [0.1, 0.15) is 5.78 Å². The lowest BCUT2D eigenvalue weighted by atomic mass is 9.90. The minimum Gasteiger partial charge on any atom is -0.298 e. The summed E-state index contributed by atoms with van der Waals surface area (Å²) >= 11 is 1.58. The molecule has 1 aliphatic carbocycles. The van der Waals surface area contributed by atoms with Crippen LogP contribution in [0.4, 0.5) is 8.78 Å². The lowest BCUT2D eigenvalue weighted by molar-refractivity contribution is -0.120. The van der Waals surface area contributed by atoms with Crippen molar-refractivity contribution in [3.63, 3.8) is 0 Å². The van der Waals surface area contributed by atoms with Crippen LogP contribution in [0.3, 0.4) is 0 Å². The van der Waals surface area contributed by atoms with E-state index in [9.17, 15) is 13.6 Å². The molecule has 14 heavy (non-hydrogen) atoms. The van der Waals surface area contributed by atoms with E-state index in [2.05, 4.69) is 0 Å². The molecule has 1 aliphatic heterocycles. The van der Waals surface area contributed by atoms with E-state index < -0.39 is 11.8 Å². The lowest BCUT2D eigenvalue weighted by Gasteiger charge is -2.20. The van der Waals surface area contributed by atoms with Crippen LogP contribution in [-0.2, 0) is 4.79 Å². The maximum atomic E-state index is 13.3. The SMILES string of the molecule is O=C1CSCC1CC1CCCC1(F)F. The molecule has 1 heterocycles. The Hall–Kier alpha value is -0.120. The third-order valence-electron chi connectivity index (χ3n) is 3.25. The lowest BCUT2D eigenvalue weighted by Crippen LogP contribution is -2.26. The zero-order valence-electron chi connectivity index (χ0n) is 7.97. The summed E-state index contributed by atoms with van der Waals surface area (Å²) in [6, 6.07) is 0. The Bertz CT molecular complexity index is 242. The van der Waals surface area contributed by atoms with Gasteiger partial charge in [-0.25, -0.2) is 8.78 Å². The second-order valence-corrected chi connectivity index (χ2v) is 5.29. The fraction of sp³-hybridized carbons (Fsp3) is 0.900. The van der Waals surface area contributed by atoms with Gasteiger partial charge in [-0.3, -0.25) is 4.79 Å². The average molecular weight is 220 g/mol. The molecule has 80 valence electrons. The summed E-state index contributed by atoms with van der Waals surface area (Å²) in [7, 11) is 0. The summed E-state index contributed by atoms with van der Waals surface area (Å²) in [6.07, 6.45) is 1.65. The summed E-state index contributed by atoms with van der Waals surface area (Å²) < 4.78 is 26.5. The summed E-state index contributed by atoms with van der Waals surface area (Å²) in [5.41, 5.74) is 0. The Morgan fingerprint density at radius 2 is 2.29 bits per heavy atom. The minimum absolute atomic E-state index is 0.0196. The van der Waals surface area contributed by atoms with Crippen molar-refractivity contribution in [2.45, 2.75) is 31.6 Å². The number of halogens is 2. The zero-order chi connectivity index (χ0) is 10.2. The average Bonchev–Trinajstić information content (AvgIpc) is 2.62. The summed E-state index contributed by atoms with van der Waals surface area (Å²) in [6.45, 7) is 0. The van der Waals surface area contributed by atoms with E-state index in [1.54, 1.807) is 11.8 Å². The summed E-state index contributed by atoms with van der Waals surface area (Å²) in [4.78, 5) is 11.3. The van der Waals surface area contributed by atoms with Crippen molar-refractivity contribution in [1.82, 2.24) is 0 Å². The Morgan fingerprint density at radius 1 is 1.50 bits per heavy atom. The number of thioether (sulfide) groups is 1. The first-order valence-corrected chi connectivity index (χ1v) is 6.23. The quantitative estimate of drug-likeness (QED) is 0.711. The topological polar surface area (TPSA) is 17.1 Å². The van der Waals surface area contributed by atoms with Crippen molar-refractivity contribution in [3.05, 3.63) is 0 Å². The first-order chi connectivity index (χ1) is 6.59. The fourth-order valence-corrected chi connectivity index (χ4v) is 3.51. The highest BCUT2D eigenvalue weighted by atomic mass is 32.2. The molecular formula is C10H14F2OS. The van der Waals surface area contributed by atoms with Crippen LogP contribution in [0, 0.1) is 11.8 Å². The summed E-state index contributed by atoms with van der Waals surface area (Å²) in [5.74, 6) is -1.66. The van der Waals surface area contributed by atoms with Crippen LogP contribution in [0.2, 0.25) is 0 Å². The third-order valence-corrected chi connectivity index (χ3v) is 4.37. The van der Waals surface area contributed by atoms with E-state index in [0.717, 1.165) is 5.75 Å². The molecule has 1 saturated heterocycles. The molecule has 2 unspecified atom stereocenters. The molecule has 1 saturated carbocycles. The highest BCUT2D eigenvalue weighted by Gasteiger charge is 2.45. The Kier molecular flexibility index (Phi) is 2.82. The highest BCUT2D eigenvalue weighted by molar-refractivity contribution is 8.00. The molecule has 0 bridgehead atoms. The number of rotatable bonds is 2. The molecule has 0 aromatic carbocycles. The number of carbonyl (C=O) groups excluding carboxylic acids is 1. The van der Waals surface area contributed by atoms with Gasteiger partial charge in [0.2, 0.25) is 0 Å². The first kappa shape index (κ1) is 10.4. The van der Waals surface area contributed by atoms with Crippen LogP contribution >= 0.6 is 11.8 Å². The number of carbonyl (C=O) groups is 1. The molecule has 0 aromatic rings. The number of hydrogen-bond acceptors (Lipinski definition) is 2. The van der Waals surface area contributed by atoms with Crippen molar-refractivity contribution in [2.75, 3.05) is 11.5 Å². The van der Waals surface area contributed by atoms with Gasteiger partial charge in [0.25, 0.3) is 5.92 Å². The molecule has 2 atom stereocenters. The third kappa shape index (κ3) is 1.95. The normalized spacial score (nSPS) is 36.6. The van der Waals surface area contributed by atoms with E-state index in [4.69, 9.17) is 0 Å². The highest BCUT2D eigenvalue weighted by Crippen LogP contribution is 2.44. The van der Waals surface area contributed by atoms with E-state index in [0.29, 0.717) is 25.0 Å². The Morgan fingerprint density at radius 3 is 2.79 bits per heavy atom. The molecule has 0 radical (unpaired) electrons. The number of alkyl halides is 2. The second kappa shape index (κ2) is 3.80. The van der Waals surface area contributed by atoms with Crippen LogP contribution in [0.1, 0.15) is 25.7 Å². The molecular weight excluding hydrogens is 206 g/mol. The molecule has 4 heteroatoms. The van der Waals surface area contributed by atoms with Gasteiger partial charge in [-0.05, 0) is 19.3 Å². The van der Waals surface area contributed by atoms with Gasteiger partial charge >= 0.3 is 0 Å². The van der Waals surface area contributed by atoms with E-state index in [-0.39, 0.29) is 18.1 Å². The predicted molar refractivity (Wildman–Crippen MR) is 52.7 cm³/mol. The maximum Gasteiger partial charge on any atom is 0.250 e. The van der Waals surface area contributed by atoms with Gasteiger partial charge in [-0.1, -0.05) is 0 Å². The molecule has 0 spiro atoms. The fourth-order valence-electron chi connectivity index (χ4n) is 2.35. The van der Waals surface area contributed by atoms with Gasteiger partial charge in [-0.2, -0.15) is 11.8 Å². The van der Waals surface area contributed by atoms with E-state index in [1.807, 2.05) is 0 Å². The second-order valence-electron chi connectivity index (χ2n) is 4.26. The molecule has 0 N–H and O–H groups in total. The Labute approximate surface area is 86.6 Å². The van der Waals surface area contributed by atoms with Gasteiger partial charge in [0.05, 0.1) is 5.75 Å². The van der Waals surface area contributed by atoms with Crippen LogP contribution in [0.25, 0.3) is 0 Å². The molecule has 2 aliphatic rings. The maximum absolute atomic E-state index is 13.3. The van der Waals surface area contributed by atoms with E-state index in [1.165, 1.54) is 0 Å². The van der Waals surface area contributed by atoms with Crippen LogP contribution in [-0.4, -0.2) is 23.2 Å². The molecule has 1 nitrogen and oxygen atoms in total.